The zero-order valence-corrected chi connectivity index (χ0v) is 15.7. The standard InChI is InChI=1S/C19H21BN4O3/c1-18(2)19(3,4)27-20(26-18)14-7-9-15(10-8-14)24-22-17(21-23-24)13-5-11-16(25)12-6-13/h5-12,25H,1-4H3. The molecule has 0 radical (unpaired) electrons. The number of aromatic hydroxyl groups is 1. The van der Waals surface area contributed by atoms with E-state index in [2.05, 4.69) is 15.4 Å². The lowest BCUT2D eigenvalue weighted by Crippen LogP contribution is -2.41. The monoisotopic (exact) mass is 364 g/mol. The molecule has 0 unspecified atom stereocenters. The summed E-state index contributed by atoms with van der Waals surface area (Å²) in [4.78, 5) is 1.47. The van der Waals surface area contributed by atoms with Gasteiger partial charge in [-0.15, -0.1) is 15.0 Å². The van der Waals surface area contributed by atoms with Crippen LogP contribution in [0.15, 0.2) is 48.5 Å². The summed E-state index contributed by atoms with van der Waals surface area (Å²) in [6.45, 7) is 8.13. The van der Waals surface area contributed by atoms with Crippen molar-refractivity contribution in [1.29, 1.82) is 0 Å². The van der Waals surface area contributed by atoms with Gasteiger partial charge < -0.3 is 14.4 Å². The molecular formula is C19H21BN4O3. The topological polar surface area (TPSA) is 82.3 Å². The van der Waals surface area contributed by atoms with Crippen molar-refractivity contribution in [1.82, 2.24) is 20.2 Å². The van der Waals surface area contributed by atoms with Crippen LogP contribution in [0.25, 0.3) is 17.1 Å². The summed E-state index contributed by atoms with van der Waals surface area (Å²) >= 11 is 0. The lowest BCUT2D eigenvalue weighted by molar-refractivity contribution is 0.00578. The summed E-state index contributed by atoms with van der Waals surface area (Å²) in [6.07, 6.45) is 0. The van der Waals surface area contributed by atoms with E-state index in [1.54, 1.807) is 24.3 Å². The van der Waals surface area contributed by atoms with Gasteiger partial charge >= 0.3 is 7.12 Å². The molecule has 3 aromatic rings. The van der Waals surface area contributed by atoms with Crippen molar-refractivity contribution in [3.63, 3.8) is 0 Å². The molecule has 138 valence electrons. The Balaban J connectivity index is 1.54. The van der Waals surface area contributed by atoms with Gasteiger partial charge in [-0.25, -0.2) is 0 Å². The third-order valence-corrected chi connectivity index (χ3v) is 5.19. The largest absolute Gasteiger partial charge is 0.508 e. The molecule has 1 aromatic heterocycles. The second-order valence-electron chi connectivity index (χ2n) is 7.63. The van der Waals surface area contributed by atoms with E-state index in [1.807, 2.05) is 52.0 Å². The molecule has 1 aliphatic rings. The van der Waals surface area contributed by atoms with E-state index in [-0.39, 0.29) is 17.0 Å². The first-order valence-electron chi connectivity index (χ1n) is 8.81. The third kappa shape index (κ3) is 3.22. The van der Waals surface area contributed by atoms with E-state index < -0.39 is 7.12 Å². The number of phenols is 1. The van der Waals surface area contributed by atoms with Crippen LogP contribution in [-0.2, 0) is 9.31 Å². The quantitative estimate of drug-likeness (QED) is 0.719. The van der Waals surface area contributed by atoms with Gasteiger partial charge in [-0.1, -0.05) is 12.1 Å². The molecule has 2 aromatic carbocycles. The van der Waals surface area contributed by atoms with E-state index >= 15 is 0 Å². The second kappa shape index (κ2) is 6.18. The zero-order chi connectivity index (χ0) is 19.2. The van der Waals surface area contributed by atoms with E-state index in [0.29, 0.717) is 5.82 Å². The molecule has 1 fully saturated rings. The Bertz CT molecular complexity index is 936. The molecular weight excluding hydrogens is 343 g/mol. The minimum absolute atomic E-state index is 0.199. The summed E-state index contributed by atoms with van der Waals surface area (Å²) in [5, 5.41) is 22.0. The molecule has 1 saturated heterocycles. The van der Waals surface area contributed by atoms with Crippen molar-refractivity contribution in [3.05, 3.63) is 48.5 Å². The van der Waals surface area contributed by atoms with Crippen LogP contribution in [0.5, 0.6) is 5.75 Å². The number of tetrazole rings is 1. The number of hydrogen-bond acceptors (Lipinski definition) is 6. The molecule has 0 spiro atoms. The molecule has 1 aliphatic heterocycles. The fourth-order valence-corrected chi connectivity index (χ4v) is 2.79. The van der Waals surface area contributed by atoms with Crippen molar-refractivity contribution in [3.8, 4) is 22.8 Å². The van der Waals surface area contributed by atoms with Gasteiger partial charge in [0.05, 0.1) is 16.9 Å². The third-order valence-electron chi connectivity index (χ3n) is 5.19. The van der Waals surface area contributed by atoms with Crippen molar-refractivity contribution >= 4 is 12.6 Å². The first-order chi connectivity index (χ1) is 12.7. The molecule has 7 nitrogen and oxygen atoms in total. The normalized spacial score (nSPS) is 18.0. The highest BCUT2D eigenvalue weighted by Crippen LogP contribution is 2.36. The number of nitrogens with zero attached hydrogens (tertiary/aromatic N) is 4. The first kappa shape index (κ1) is 17.7. The van der Waals surface area contributed by atoms with Gasteiger partial charge in [0, 0.05) is 5.56 Å². The number of aromatic nitrogens is 4. The minimum Gasteiger partial charge on any atom is -0.508 e. The van der Waals surface area contributed by atoms with E-state index in [9.17, 15) is 5.11 Å². The van der Waals surface area contributed by atoms with Crippen LogP contribution >= 0.6 is 0 Å². The Morgan fingerprint density at radius 3 is 2.07 bits per heavy atom. The van der Waals surface area contributed by atoms with Crippen LogP contribution in [0.3, 0.4) is 0 Å². The van der Waals surface area contributed by atoms with E-state index in [4.69, 9.17) is 9.31 Å². The predicted molar refractivity (Wildman–Crippen MR) is 102 cm³/mol. The second-order valence-corrected chi connectivity index (χ2v) is 7.63. The SMILES string of the molecule is CC1(C)OB(c2ccc(-n3nnc(-c4ccc(O)cc4)n3)cc2)OC1(C)C. The molecule has 0 aliphatic carbocycles. The van der Waals surface area contributed by atoms with Crippen molar-refractivity contribution in [2.45, 2.75) is 38.9 Å². The van der Waals surface area contributed by atoms with Gasteiger partial charge in [0.15, 0.2) is 0 Å². The molecule has 1 N–H and O–H groups in total. The molecule has 27 heavy (non-hydrogen) atoms. The van der Waals surface area contributed by atoms with Gasteiger partial charge in [0.2, 0.25) is 5.82 Å². The summed E-state index contributed by atoms with van der Waals surface area (Å²) < 4.78 is 12.1. The minimum atomic E-state index is -0.402. The summed E-state index contributed by atoms with van der Waals surface area (Å²) in [7, 11) is -0.402. The van der Waals surface area contributed by atoms with Crippen molar-refractivity contribution in [2.24, 2.45) is 0 Å². The fraction of sp³-hybridized carbons (Fsp3) is 0.316. The van der Waals surface area contributed by atoms with Crippen molar-refractivity contribution < 1.29 is 14.4 Å². The Kier molecular flexibility index (Phi) is 4.05. The average Bonchev–Trinajstić information content (AvgIpc) is 3.19. The van der Waals surface area contributed by atoms with Gasteiger partial charge in [0.25, 0.3) is 0 Å². The van der Waals surface area contributed by atoms with Gasteiger partial charge in [-0.3, -0.25) is 0 Å². The van der Waals surface area contributed by atoms with Crippen LogP contribution in [-0.4, -0.2) is 43.6 Å². The lowest BCUT2D eigenvalue weighted by Gasteiger charge is -2.32. The number of benzene rings is 2. The van der Waals surface area contributed by atoms with Crippen LogP contribution in [0.1, 0.15) is 27.7 Å². The Labute approximate surface area is 158 Å². The first-order valence-corrected chi connectivity index (χ1v) is 8.81. The average molecular weight is 364 g/mol. The number of phenolic OH excluding ortho intramolecular Hbond substituents is 1. The highest BCUT2D eigenvalue weighted by atomic mass is 16.7. The summed E-state index contributed by atoms with van der Waals surface area (Å²) in [5.74, 6) is 0.689. The lowest BCUT2D eigenvalue weighted by atomic mass is 9.79. The zero-order valence-electron chi connectivity index (χ0n) is 15.7. The van der Waals surface area contributed by atoms with Crippen molar-refractivity contribution in [2.75, 3.05) is 0 Å². The van der Waals surface area contributed by atoms with Gasteiger partial charge in [0.1, 0.15) is 5.75 Å². The van der Waals surface area contributed by atoms with E-state index in [1.165, 1.54) is 4.80 Å². The van der Waals surface area contributed by atoms with Crippen LogP contribution < -0.4 is 5.46 Å². The number of hydrogen-bond donors (Lipinski definition) is 1. The Morgan fingerprint density at radius 1 is 0.889 bits per heavy atom. The molecule has 2 heterocycles. The molecule has 8 heteroatoms. The maximum absolute atomic E-state index is 9.39. The molecule has 0 amide bonds. The molecule has 0 saturated carbocycles. The molecule has 4 rings (SSSR count). The van der Waals surface area contributed by atoms with Gasteiger partial charge in [-0.05, 0) is 74.8 Å². The Hall–Kier alpha value is -2.71. The number of rotatable bonds is 3. The molecule has 0 bridgehead atoms. The smallest absolute Gasteiger partial charge is 0.494 e. The predicted octanol–water partition coefficient (Wildman–Crippen LogP) is 2.33. The maximum Gasteiger partial charge on any atom is 0.494 e. The fourth-order valence-electron chi connectivity index (χ4n) is 2.79. The van der Waals surface area contributed by atoms with Crippen LogP contribution in [0, 0.1) is 0 Å². The highest BCUT2D eigenvalue weighted by Gasteiger charge is 2.51. The Morgan fingerprint density at radius 2 is 1.48 bits per heavy atom. The summed E-state index contributed by atoms with van der Waals surface area (Å²) in [6, 6.07) is 14.4. The molecule has 0 atom stereocenters. The maximum atomic E-state index is 9.39. The highest BCUT2D eigenvalue weighted by molar-refractivity contribution is 6.62. The van der Waals surface area contributed by atoms with Crippen LogP contribution in [0.4, 0.5) is 0 Å². The van der Waals surface area contributed by atoms with E-state index in [0.717, 1.165) is 16.7 Å². The van der Waals surface area contributed by atoms with Crippen LogP contribution in [0.2, 0.25) is 0 Å². The van der Waals surface area contributed by atoms with Gasteiger partial charge in [-0.2, -0.15) is 0 Å². The summed E-state index contributed by atoms with van der Waals surface area (Å²) in [5.41, 5.74) is 1.77.